The van der Waals surface area contributed by atoms with Gasteiger partial charge in [-0.3, -0.25) is 5.43 Å². The van der Waals surface area contributed by atoms with Crippen LogP contribution in [0.15, 0.2) is 6.20 Å². The molecule has 2 rings (SSSR count). The molecule has 1 saturated carbocycles. The predicted molar refractivity (Wildman–Crippen MR) is 79.9 cm³/mol. The van der Waals surface area contributed by atoms with Crippen LogP contribution < -0.4 is 16.2 Å². The number of rotatable bonds is 4. The van der Waals surface area contributed by atoms with Crippen molar-refractivity contribution >= 4 is 23.5 Å². The highest BCUT2D eigenvalue weighted by Gasteiger charge is 2.30. The number of carbonyl (C=O) groups is 1. The standard InChI is InChI=1S/C13H19ClFN5O2/c1-13(2,3)22-12(21)20-19-8-4-7(5-8)17-10-9(15)6-16-11(14)18-10/h6-8,19H,4-5H2,1-3H3,(H,20,21)(H,16,17,18). The van der Waals surface area contributed by atoms with Crippen molar-refractivity contribution in [1.29, 1.82) is 0 Å². The number of ether oxygens (including phenoxy) is 1. The Morgan fingerprint density at radius 2 is 2.09 bits per heavy atom. The van der Waals surface area contributed by atoms with E-state index < -0.39 is 17.5 Å². The van der Waals surface area contributed by atoms with Crippen LogP contribution in [0, 0.1) is 5.82 Å². The van der Waals surface area contributed by atoms with Gasteiger partial charge in [-0.05, 0) is 45.2 Å². The number of anilines is 1. The molecule has 1 aromatic heterocycles. The van der Waals surface area contributed by atoms with Crippen molar-refractivity contribution in [3.05, 3.63) is 17.3 Å². The van der Waals surface area contributed by atoms with Crippen molar-refractivity contribution in [2.24, 2.45) is 0 Å². The Balaban J connectivity index is 1.70. The topological polar surface area (TPSA) is 88.2 Å². The molecule has 0 bridgehead atoms. The SMILES string of the molecule is CC(C)(C)OC(=O)NNC1CC(Nc2nc(Cl)ncc2F)C1. The van der Waals surface area contributed by atoms with Gasteiger partial charge >= 0.3 is 6.09 Å². The first-order valence-corrected chi connectivity index (χ1v) is 7.30. The Morgan fingerprint density at radius 3 is 2.73 bits per heavy atom. The van der Waals surface area contributed by atoms with Gasteiger partial charge in [0.05, 0.1) is 6.20 Å². The number of nitrogens with zero attached hydrogens (tertiary/aromatic N) is 2. The molecule has 0 atom stereocenters. The van der Waals surface area contributed by atoms with Crippen LogP contribution in [0.5, 0.6) is 0 Å². The molecule has 0 aromatic carbocycles. The first kappa shape index (κ1) is 16.7. The molecule has 1 amide bonds. The molecule has 1 aliphatic carbocycles. The van der Waals surface area contributed by atoms with Gasteiger partial charge < -0.3 is 10.1 Å². The molecule has 0 saturated heterocycles. The third-order valence-electron chi connectivity index (χ3n) is 2.97. The zero-order valence-corrected chi connectivity index (χ0v) is 13.4. The fourth-order valence-corrected chi connectivity index (χ4v) is 2.09. The fraction of sp³-hybridized carbons (Fsp3) is 0.615. The van der Waals surface area contributed by atoms with Crippen molar-refractivity contribution in [2.75, 3.05) is 5.32 Å². The fourth-order valence-electron chi connectivity index (χ4n) is 1.96. The minimum Gasteiger partial charge on any atom is -0.443 e. The van der Waals surface area contributed by atoms with Crippen LogP contribution in [0.2, 0.25) is 5.28 Å². The van der Waals surface area contributed by atoms with Crippen LogP contribution >= 0.6 is 11.6 Å². The average molecular weight is 332 g/mol. The number of hydrazine groups is 1. The van der Waals surface area contributed by atoms with Crippen LogP contribution in [0.4, 0.5) is 15.0 Å². The quantitative estimate of drug-likeness (QED) is 0.579. The van der Waals surface area contributed by atoms with Crippen LogP contribution in [-0.4, -0.2) is 33.7 Å². The summed E-state index contributed by atoms with van der Waals surface area (Å²) in [6, 6.07) is 0.142. The van der Waals surface area contributed by atoms with Crippen molar-refractivity contribution in [3.63, 3.8) is 0 Å². The van der Waals surface area contributed by atoms with E-state index in [-0.39, 0.29) is 23.2 Å². The van der Waals surface area contributed by atoms with Gasteiger partial charge in [0.25, 0.3) is 0 Å². The maximum absolute atomic E-state index is 13.5. The van der Waals surface area contributed by atoms with Crippen molar-refractivity contribution in [2.45, 2.75) is 51.3 Å². The van der Waals surface area contributed by atoms with Crippen LogP contribution in [-0.2, 0) is 4.74 Å². The van der Waals surface area contributed by atoms with Crippen molar-refractivity contribution < 1.29 is 13.9 Å². The number of hydrogen-bond donors (Lipinski definition) is 3. The lowest BCUT2D eigenvalue weighted by Crippen LogP contribution is -2.54. The minimum atomic E-state index is -0.548. The highest BCUT2D eigenvalue weighted by Crippen LogP contribution is 2.24. The second kappa shape index (κ2) is 6.62. The maximum atomic E-state index is 13.5. The highest BCUT2D eigenvalue weighted by atomic mass is 35.5. The second-order valence-electron chi connectivity index (χ2n) is 6.12. The Labute approximate surface area is 133 Å². The van der Waals surface area contributed by atoms with Gasteiger partial charge in [0, 0.05) is 12.1 Å². The Morgan fingerprint density at radius 1 is 1.41 bits per heavy atom. The molecule has 1 aromatic rings. The largest absolute Gasteiger partial charge is 0.443 e. The summed E-state index contributed by atoms with van der Waals surface area (Å²) < 4.78 is 18.6. The lowest BCUT2D eigenvalue weighted by Gasteiger charge is -2.36. The van der Waals surface area contributed by atoms with Gasteiger partial charge in [0.1, 0.15) is 5.60 Å². The summed E-state index contributed by atoms with van der Waals surface area (Å²) in [4.78, 5) is 18.8. The van der Waals surface area contributed by atoms with E-state index in [4.69, 9.17) is 16.3 Å². The van der Waals surface area contributed by atoms with E-state index in [0.29, 0.717) is 12.8 Å². The Bertz CT molecular complexity index is 546. The lowest BCUT2D eigenvalue weighted by atomic mass is 9.87. The van der Waals surface area contributed by atoms with Crippen molar-refractivity contribution in [1.82, 2.24) is 20.8 Å². The normalized spacial score (nSPS) is 21.0. The number of amides is 1. The molecule has 0 spiro atoms. The van der Waals surface area contributed by atoms with E-state index in [1.54, 1.807) is 20.8 Å². The van der Waals surface area contributed by atoms with Gasteiger partial charge in [-0.1, -0.05) is 0 Å². The molecule has 1 fully saturated rings. The van der Waals surface area contributed by atoms with Gasteiger partial charge in [-0.25, -0.2) is 19.6 Å². The highest BCUT2D eigenvalue weighted by molar-refractivity contribution is 6.28. The second-order valence-corrected chi connectivity index (χ2v) is 6.45. The molecule has 0 radical (unpaired) electrons. The number of nitrogens with one attached hydrogen (secondary N) is 3. The number of carbonyl (C=O) groups excluding carboxylic acids is 1. The number of halogens is 2. The summed E-state index contributed by atoms with van der Waals surface area (Å²) in [5.41, 5.74) is 4.81. The molecule has 122 valence electrons. The molecular formula is C13H19ClFN5O2. The van der Waals surface area contributed by atoms with Gasteiger partial charge in [-0.2, -0.15) is 4.98 Å². The lowest BCUT2D eigenvalue weighted by molar-refractivity contribution is 0.0473. The first-order chi connectivity index (χ1) is 10.2. The summed E-state index contributed by atoms with van der Waals surface area (Å²) in [5.74, 6) is -0.462. The summed E-state index contributed by atoms with van der Waals surface area (Å²) in [6.45, 7) is 5.37. The predicted octanol–water partition coefficient (Wildman–Crippen LogP) is 2.24. The molecule has 9 heteroatoms. The smallest absolute Gasteiger partial charge is 0.422 e. The van der Waals surface area contributed by atoms with E-state index in [1.165, 1.54) is 0 Å². The first-order valence-electron chi connectivity index (χ1n) is 6.92. The molecule has 3 N–H and O–H groups in total. The van der Waals surface area contributed by atoms with E-state index in [2.05, 4.69) is 26.1 Å². The summed E-state index contributed by atoms with van der Waals surface area (Å²) in [5, 5.41) is 2.94. The van der Waals surface area contributed by atoms with E-state index in [0.717, 1.165) is 6.20 Å². The molecule has 22 heavy (non-hydrogen) atoms. The molecule has 1 heterocycles. The molecule has 0 unspecified atom stereocenters. The van der Waals surface area contributed by atoms with E-state index >= 15 is 0 Å². The molecule has 7 nitrogen and oxygen atoms in total. The summed E-state index contributed by atoms with van der Waals surface area (Å²) in [7, 11) is 0. The molecule has 1 aliphatic rings. The van der Waals surface area contributed by atoms with E-state index in [1.807, 2.05) is 0 Å². The third kappa shape index (κ3) is 4.96. The van der Waals surface area contributed by atoms with Crippen molar-refractivity contribution in [3.8, 4) is 0 Å². The van der Waals surface area contributed by atoms with Crippen LogP contribution in [0.3, 0.4) is 0 Å². The van der Waals surface area contributed by atoms with Crippen LogP contribution in [0.1, 0.15) is 33.6 Å². The minimum absolute atomic E-state index is 0.00973. The maximum Gasteiger partial charge on any atom is 0.422 e. The molecule has 0 aliphatic heterocycles. The number of aromatic nitrogens is 2. The number of hydrogen-bond acceptors (Lipinski definition) is 6. The van der Waals surface area contributed by atoms with Gasteiger partial charge in [-0.15, -0.1) is 0 Å². The summed E-state index contributed by atoms with van der Waals surface area (Å²) >= 11 is 5.62. The third-order valence-corrected chi connectivity index (χ3v) is 3.15. The van der Waals surface area contributed by atoms with Crippen LogP contribution in [0.25, 0.3) is 0 Å². The Hall–Kier alpha value is -1.67. The Kier molecular flexibility index (Phi) is 5.02. The van der Waals surface area contributed by atoms with Gasteiger partial charge in [0.2, 0.25) is 5.28 Å². The van der Waals surface area contributed by atoms with Gasteiger partial charge in [0.15, 0.2) is 11.6 Å². The zero-order chi connectivity index (χ0) is 16.3. The summed E-state index contributed by atoms with van der Waals surface area (Å²) in [6.07, 6.45) is 1.90. The monoisotopic (exact) mass is 331 g/mol. The average Bonchev–Trinajstić information content (AvgIpc) is 2.33. The zero-order valence-electron chi connectivity index (χ0n) is 12.6. The van der Waals surface area contributed by atoms with E-state index in [9.17, 15) is 9.18 Å². The molecular weight excluding hydrogens is 313 g/mol.